The minimum absolute atomic E-state index is 0.127. The molecule has 0 aliphatic rings. The van der Waals surface area contributed by atoms with Crippen molar-refractivity contribution in [1.82, 2.24) is 0 Å². The monoisotopic (exact) mass is 287 g/mol. The van der Waals surface area contributed by atoms with Crippen LogP contribution in [0.3, 0.4) is 0 Å². The third-order valence-corrected chi connectivity index (χ3v) is 3.44. The highest BCUT2D eigenvalue weighted by atomic mass is 19.4. The first-order chi connectivity index (χ1) is 9.38. The first-order valence-electron chi connectivity index (χ1n) is 6.79. The second-order valence-corrected chi connectivity index (χ2v) is 4.89. The zero-order valence-corrected chi connectivity index (χ0v) is 11.5. The summed E-state index contributed by atoms with van der Waals surface area (Å²) in [5.41, 5.74) is 4.83. The van der Waals surface area contributed by atoms with Gasteiger partial charge in [0.1, 0.15) is 0 Å². The maximum absolute atomic E-state index is 12.6. The maximum atomic E-state index is 12.6. The van der Waals surface area contributed by atoms with Gasteiger partial charge in [0, 0.05) is 12.0 Å². The first-order valence-corrected chi connectivity index (χ1v) is 6.79. The molecule has 5 heteroatoms. The molecule has 1 aromatic carbocycles. The molecule has 0 aromatic heterocycles. The molecule has 0 amide bonds. The molecule has 0 spiro atoms. The number of carbonyl (C=O) groups excluding carboxylic acids is 1. The molecule has 0 aliphatic carbocycles. The van der Waals surface area contributed by atoms with Crippen LogP contribution in [0.5, 0.6) is 0 Å². The van der Waals surface area contributed by atoms with Crippen LogP contribution in [0.1, 0.15) is 48.5 Å². The van der Waals surface area contributed by atoms with Gasteiger partial charge in [0.05, 0.1) is 5.56 Å². The van der Waals surface area contributed by atoms with Crippen molar-refractivity contribution in [2.24, 2.45) is 11.7 Å². The minimum atomic E-state index is -4.41. The molecule has 0 bridgehead atoms. The Morgan fingerprint density at radius 1 is 1.30 bits per heavy atom. The molecular weight excluding hydrogens is 267 g/mol. The maximum Gasteiger partial charge on any atom is 0.416 e. The largest absolute Gasteiger partial charge is 0.416 e. The van der Waals surface area contributed by atoms with E-state index in [1.807, 2.05) is 6.92 Å². The molecular formula is C15H20F3NO. The van der Waals surface area contributed by atoms with Gasteiger partial charge >= 0.3 is 6.18 Å². The second-order valence-electron chi connectivity index (χ2n) is 4.89. The van der Waals surface area contributed by atoms with Gasteiger partial charge in [-0.05, 0) is 37.4 Å². The van der Waals surface area contributed by atoms with E-state index in [-0.39, 0.29) is 17.8 Å². The van der Waals surface area contributed by atoms with E-state index in [1.165, 1.54) is 12.1 Å². The minimum Gasteiger partial charge on any atom is -0.330 e. The van der Waals surface area contributed by atoms with Gasteiger partial charge in [-0.3, -0.25) is 4.79 Å². The highest BCUT2D eigenvalue weighted by Gasteiger charge is 2.30. The highest BCUT2D eigenvalue weighted by molar-refractivity contribution is 5.96. The molecule has 1 atom stereocenters. The summed E-state index contributed by atoms with van der Waals surface area (Å²) in [6, 6.07) is 4.60. The van der Waals surface area contributed by atoms with Crippen LogP contribution in [0.2, 0.25) is 0 Å². The van der Waals surface area contributed by atoms with Crippen molar-refractivity contribution in [2.45, 2.75) is 38.8 Å². The lowest BCUT2D eigenvalue weighted by atomic mass is 9.93. The van der Waals surface area contributed by atoms with Crippen LogP contribution >= 0.6 is 0 Å². The molecule has 2 N–H and O–H groups in total. The van der Waals surface area contributed by atoms with Crippen molar-refractivity contribution < 1.29 is 18.0 Å². The fraction of sp³-hybridized carbons (Fsp3) is 0.533. The first kappa shape index (κ1) is 16.7. The molecule has 0 heterocycles. The Balaban J connectivity index is 2.68. The molecule has 112 valence electrons. The van der Waals surface area contributed by atoms with E-state index in [9.17, 15) is 18.0 Å². The van der Waals surface area contributed by atoms with E-state index in [1.54, 1.807) is 0 Å². The number of hydrogen-bond acceptors (Lipinski definition) is 2. The van der Waals surface area contributed by atoms with Crippen molar-refractivity contribution in [3.05, 3.63) is 35.4 Å². The summed E-state index contributed by atoms with van der Waals surface area (Å²) in [7, 11) is 0. The van der Waals surface area contributed by atoms with Crippen LogP contribution in [-0.4, -0.2) is 12.3 Å². The Labute approximate surface area is 117 Å². The van der Waals surface area contributed by atoms with Crippen molar-refractivity contribution in [2.75, 3.05) is 6.54 Å². The lowest BCUT2D eigenvalue weighted by molar-refractivity contribution is -0.137. The fourth-order valence-corrected chi connectivity index (χ4v) is 2.14. The summed E-state index contributed by atoms with van der Waals surface area (Å²) in [5, 5.41) is 0. The van der Waals surface area contributed by atoms with Crippen molar-refractivity contribution >= 4 is 5.78 Å². The topological polar surface area (TPSA) is 43.1 Å². The number of rotatable bonds is 7. The second kappa shape index (κ2) is 7.43. The highest BCUT2D eigenvalue weighted by Crippen LogP contribution is 2.30. The van der Waals surface area contributed by atoms with E-state index in [4.69, 9.17) is 5.73 Å². The number of carbonyl (C=O) groups is 1. The predicted octanol–water partition coefficient (Wildman–Crippen LogP) is 4.04. The van der Waals surface area contributed by atoms with Crippen LogP contribution in [-0.2, 0) is 6.18 Å². The number of alkyl halides is 3. The average Bonchev–Trinajstić information content (AvgIpc) is 2.42. The van der Waals surface area contributed by atoms with E-state index in [0.29, 0.717) is 18.9 Å². The molecule has 2 nitrogen and oxygen atoms in total. The van der Waals surface area contributed by atoms with Crippen molar-refractivity contribution in [3.63, 3.8) is 0 Å². The Hall–Kier alpha value is -1.36. The number of benzene rings is 1. The Morgan fingerprint density at radius 2 is 2.00 bits per heavy atom. The standard InChI is InChI=1S/C15H20F3NO/c1-2-11(8-9-19)6-7-14(20)12-4-3-5-13(10-12)15(16,17)18/h3-5,10-11H,2,6-9,19H2,1H3. The van der Waals surface area contributed by atoms with E-state index in [0.717, 1.165) is 25.0 Å². The Bertz CT molecular complexity index is 443. The lowest BCUT2D eigenvalue weighted by Crippen LogP contribution is -2.11. The normalized spacial score (nSPS) is 13.2. The molecule has 1 unspecified atom stereocenters. The lowest BCUT2D eigenvalue weighted by Gasteiger charge is -2.13. The van der Waals surface area contributed by atoms with Crippen LogP contribution in [0.4, 0.5) is 13.2 Å². The van der Waals surface area contributed by atoms with Gasteiger partial charge in [-0.1, -0.05) is 25.5 Å². The third kappa shape index (κ3) is 4.96. The van der Waals surface area contributed by atoms with Gasteiger partial charge in [0.25, 0.3) is 0 Å². The van der Waals surface area contributed by atoms with Gasteiger partial charge < -0.3 is 5.73 Å². The zero-order chi connectivity index (χ0) is 15.2. The van der Waals surface area contributed by atoms with Crippen LogP contribution in [0, 0.1) is 5.92 Å². The Morgan fingerprint density at radius 3 is 2.55 bits per heavy atom. The van der Waals surface area contributed by atoms with Crippen LogP contribution < -0.4 is 5.73 Å². The zero-order valence-electron chi connectivity index (χ0n) is 11.5. The van der Waals surface area contributed by atoms with Gasteiger partial charge in [-0.15, -0.1) is 0 Å². The van der Waals surface area contributed by atoms with Crippen LogP contribution in [0.15, 0.2) is 24.3 Å². The summed E-state index contributed by atoms with van der Waals surface area (Å²) in [6.45, 7) is 2.59. The summed E-state index contributed by atoms with van der Waals surface area (Å²) < 4.78 is 37.7. The molecule has 0 radical (unpaired) electrons. The number of nitrogens with two attached hydrogens (primary N) is 1. The van der Waals surface area contributed by atoms with E-state index < -0.39 is 11.7 Å². The SMILES string of the molecule is CCC(CCN)CCC(=O)c1cccc(C(F)(F)F)c1. The summed E-state index contributed by atoms with van der Waals surface area (Å²) in [4.78, 5) is 11.9. The Kier molecular flexibility index (Phi) is 6.20. The van der Waals surface area contributed by atoms with Gasteiger partial charge in [-0.25, -0.2) is 0 Å². The number of hydrogen-bond donors (Lipinski definition) is 1. The number of Topliss-reactive ketones (excluding diaryl/α,β-unsaturated/α-hetero) is 1. The average molecular weight is 287 g/mol. The summed E-state index contributed by atoms with van der Waals surface area (Å²) in [5.74, 6) is 0.112. The van der Waals surface area contributed by atoms with Gasteiger partial charge in [-0.2, -0.15) is 13.2 Å². The molecule has 1 rings (SSSR count). The third-order valence-electron chi connectivity index (χ3n) is 3.44. The van der Waals surface area contributed by atoms with Crippen LogP contribution in [0.25, 0.3) is 0 Å². The molecule has 0 saturated heterocycles. The number of halogens is 3. The quantitative estimate of drug-likeness (QED) is 0.769. The van der Waals surface area contributed by atoms with Gasteiger partial charge in [0.2, 0.25) is 0 Å². The van der Waals surface area contributed by atoms with E-state index >= 15 is 0 Å². The predicted molar refractivity (Wildman–Crippen MR) is 72.5 cm³/mol. The summed E-state index contributed by atoms with van der Waals surface area (Å²) >= 11 is 0. The smallest absolute Gasteiger partial charge is 0.330 e. The molecule has 20 heavy (non-hydrogen) atoms. The number of ketones is 1. The van der Waals surface area contributed by atoms with E-state index in [2.05, 4.69) is 0 Å². The van der Waals surface area contributed by atoms with Crippen molar-refractivity contribution in [3.8, 4) is 0 Å². The molecule has 0 aliphatic heterocycles. The molecule has 1 aromatic rings. The molecule has 0 saturated carbocycles. The fourth-order valence-electron chi connectivity index (χ4n) is 2.14. The van der Waals surface area contributed by atoms with Gasteiger partial charge in [0.15, 0.2) is 5.78 Å². The molecule has 0 fully saturated rings. The summed E-state index contributed by atoms with van der Waals surface area (Å²) in [6.07, 6.45) is -1.72. The van der Waals surface area contributed by atoms with Crippen molar-refractivity contribution in [1.29, 1.82) is 0 Å².